The quantitative estimate of drug-likeness (QED) is 0.823. The van der Waals surface area contributed by atoms with Gasteiger partial charge in [-0.3, -0.25) is 0 Å². The molecule has 1 unspecified atom stereocenters. The van der Waals surface area contributed by atoms with Crippen molar-refractivity contribution in [2.45, 2.75) is 6.10 Å². The van der Waals surface area contributed by atoms with Gasteiger partial charge in [-0.25, -0.2) is 0 Å². The van der Waals surface area contributed by atoms with Crippen molar-refractivity contribution in [2.24, 2.45) is 5.73 Å². The van der Waals surface area contributed by atoms with Gasteiger partial charge in [0.1, 0.15) is 11.9 Å². The zero-order chi connectivity index (χ0) is 12.3. The number of aromatic nitrogens is 2. The van der Waals surface area contributed by atoms with Crippen molar-refractivity contribution in [3.05, 3.63) is 30.2 Å². The molecule has 0 bridgehead atoms. The van der Waals surface area contributed by atoms with Gasteiger partial charge in [-0.2, -0.15) is 4.98 Å². The number of phenols is 1. The standard InChI is InChI=1S/C11H13N3O3/c1-16-9(6-12)11-13-10(14-17-11)7-2-4-8(15)5-3-7/h2-5,9,15H,6,12H2,1H3. The summed E-state index contributed by atoms with van der Waals surface area (Å²) >= 11 is 0. The molecule has 0 saturated carbocycles. The van der Waals surface area contributed by atoms with E-state index in [0.717, 1.165) is 5.56 Å². The van der Waals surface area contributed by atoms with Gasteiger partial charge in [0.25, 0.3) is 5.89 Å². The molecule has 1 heterocycles. The second kappa shape index (κ2) is 4.94. The lowest BCUT2D eigenvalue weighted by atomic mass is 10.2. The van der Waals surface area contributed by atoms with Crippen LogP contribution in [0.2, 0.25) is 0 Å². The van der Waals surface area contributed by atoms with E-state index in [4.69, 9.17) is 15.0 Å². The number of aromatic hydroxyl groups is 1. The number of benzene rings is 1. The summed E-state index contributed by atoms with van der Waals surface area (Å²) in [6, 6.07) is 6.52. The molecule has 0 saturated heterocycles. The van der Waals surface area contributed by atoms with Gasteiger partial charge in [0.2, 0.25) is 5.82 Å². The predicted octanol–water partition coefficient (Wildman–Crippen LogP) is 1.09. The summed E-state index contributed by atoms with van der Waals surface area (Å²) in [5.41, 5.74) is 6.25. The van der Waals surface area contributed by atoms with Gasteiger partial charge in [-0.1, -0.05) is 5.16 Å². The molecule has 2 rings (SSSR count). The molecule has 6 heteroatoms. The maximum absolute atomic E-state index is 9.17. The number of methoxy groups -OCH3 is 1. The van der Waals surface area contributed by atoms with Gasteiger partial charge in [0, 0.05) is 19.2 Å². The van der Waals surface area contributed by atoms with Gasteiger partial charge in [-0.15, -0.1) is 0 Å². The Bertz CT molecular complexity index is 477. The molecule has 0 spiro atoms. The third-order valence-corrected chi connectivity index (χ3v) is 2.34. The first kappa shape index (κ1) is 11.6. The molecule has 1 aromatic heterocycles. The van der Waals surface area contributed by atoms with Crippen molar-refractivity contribution in [2.75, 3.05) is 13.7 Å². The minimum atomic E-state index is -0.395. The maximum atomic E-state index is 9.17. The molecule has 6 nitrogen and oxygen atoms in total. The molecule has 2 aromatic rings. The van der Waals surface area contributed by atoms with Crippen LogP contribution in [0.1, 0.15) is 12.0 Å². The first-order valence-corrected chi connectivity index (χ1v) is 5.10. The monoisotopic (exact) mass is 235 g/mol. The van der Waals surface area contributed by atoms with Gasteiger partial charge < -0.3 is 20.1 Å². The molecular formula is C11H13N3O3. The Balaban J connectivity index is 2.26. The molecule has 0 amide bonds. The van der Waals surface area contributed by atoms with Crippen LogP contribution in [0.25, 0.3) is 11.4 Å². The third kappa shape index (κ3) is 2.43. The third-order valence-electron chi connectivity index (χ3n) is 2.34. The molecule has 0 aliphatic heterocycles. The number of nitrogens with two attached hydrogens (primary N) is 1. The van der Waals surface area contributed by atoms with Crippen LogP contribution in [0.4, 0.5) is 0 Å². The van der Waals surface area contributed by atoms with Crippen molar-refractivity contribution in [3.8, 4) is 17.1 Å². The number of phenolic OH excluding ortho intramolecular Hbond substituents is 1. The molecule has 17 heavy (non-hydrogen) atoms. The maximum Gasteiger partial charge on any atom is 0.257 e. The topological polar surface area (TPSA) is 94.4 Å². The summed E-state index contributed by atoms with van der Waals surface area (Å²) in [6.07, 6.45) is -0.395. The second-order valence-electron chi connectivity index (χ2n) is 3.46. The van der Waals surface area contributed by atoms with Crippen molar-refractivity contribution in [1.29, 1.82) is 0 Å². The Morgan fingerprint density at radius 1 is 1.41 bits per heavy atom. The number of ether oxygens (including phenoxy) is 1. The second-order valence-corrected chi connectivity index (χ2v) is 3.46. The van der Waals surface area contributed by atoms with Crippen LogP contribution in [-0.4, -0.2) is 28.9 Å². The van der Waals surface area contributed by atoms with Gasteiger partial charge >= 0.3 is 0 Å². The normalized spacial score (nSPS) is 12.6. The van der Waals surface area contributed by atoms with Crippen molar-refractivity contribution in [1.82, 2.24) is 10.1 Å². The smallest absolute Gasteiger partial charge is 0.257 e. The molecule has 1 atom stereocenters. The Morgan fingerprint density at radius 2 is 2.12 bits per heavy atom. The van der Waals surface area contributed by atoms with Crippen LogP contribution in [0.15, 0.2) is 28.8 Å². The highest BCUT2D eigenvalue weighted by molar-refractivity contribution is 5.55. The highest BCUT2D eigenvalue weighted by Crippen LogP contribution is 2.21. The number of nitrogens with zero attached hydrogens (tertiary/aromatic N) is 2. The van der Waals surface area contributed by atoms with Gasteiger partial charge in [0.15, 0.2) is 0 Å². The fourth-order valence-corrected chi connectivity index (χ4v) is 1.39. The SMILES string of the molecule is COC(CN)c1nc(-c2ccc(O)cc2)no1. The summed E-state index contributed by atoms with van der Waals surface area (Å²) in [4.78, 5) is 4.19. The van der Waals surface area contributed by atoms with Crippen LogP contribution in [-0.2, 0) is 4.74 Å². The van der Waals surface area contributed by atoms with Crippen molar-refractivity contribution < 1.29 is 14.4 Å². The minimum Gasteiger partial charge on any atom is -0.508 e. The fourth-order valence-electron chi connectivity index (χ4n) is 1.39. The van der Waals surface area contributed by atoms with Crippen LogP contribution < -0.4 is 5.73 Å². The first-order valence-electron chi connectivity index (χ1n) is 5.10. The van der Waals surface area contributed by atoms with E-state index >= 15 is 0 Å². The first-order chi connectivity index (χ1) is 8.24. The molecule has 0 aliphatic carbocycles. The predicted molar refractivity (Wildman–Crippen MR) is 60.2 cm³/mol. The van der Waals surface area contributed by atoms with Crippen LogP contribution in [0.3, 0.4) is 0 Å². The highest BCUT2D eigenvalue weighted by Gasteiger charge is 2.17. The van der Waals surface area contributed by atoms with E-state index in [0.29, 0.717) is 11.7 Å². The van der Waals surface area contributed by atoms with E-state index in [9.17, 15) is 5.11 Å². The lowest BCUT2D eigenvalue weighted by Gasteiger charge is -2.05. The van der Waals surface area contributed by atoms with E-state index < -0.39 is 6.10 Å². The lowest BCUT2D eigenvalue weighted by molar-refractivity contribution is 0.0804. The number of hydrogen-bond acceptors (Lipinski definition) is 6. The number of hydrogen-bond donors (Lipinski definition) is 2. The summed E-state index contributed by atoms with van der Waals surface area (Å²) in [5.74, 6) is 0.975. The minimum absolute atomic E-state index is 0.189. The zero-order valence-corrected chi connectivity index (χ0v) is 9.33. The molecule has 0 radical (unpaired) electrons. The summed E-state index contributed by atoms with van der Waals surface area (Å²) in [5, 5.41) is 13.0. The average molecular weight is 235 g/mol. The van der Waals surface area contributed by atoms with E-state index in [1.165, 1.54) is 7.11 Å². The van der Waals surface area contributed by atoms with Crippen LogP contribution in [0, 0.1) is 0 Å². The van der Waals surface area contributed by atoms with Gasteiger partial charge in [0.05, 0.1) is 0 Å². The Hall–Kier alpha value is -1.92. The summed E-state index contributed by atoms with van der Waals surface area (Å²) < 4.78 is 10.2. The molecular weight excluding hydrogens is 222 g/mol. The number of rotatable bonds is 4. The molecule has 1 aromatic carbocycles. The zero-order valence-electron chi connectivity index (χ0n) is 9.33. The average Bonchev–Trinajstić information content (AvgIpc) is 2.81. The largest absolute Gasteiger partial charge is 0.508 e. The Morgan fingerprint density at radius 3 is 2.71 bits per heavy atom. The lowest BCUT2D eigenvalue weighted by Crippen LogP contribution is -2.14. The highest BCUT2D eigenvalue weighted by atomic mass is 16.5. The van der Waals surface area contributed by atoms with Crippen LogP contribution in [0.5, 0.6) is 5.75 Å². The van der Waals surface area contributed by atoms with E-state index in [1.54, 1.807) is 24.3 Å². The van der Waals surface area contributed by atoms with E-state index in [2.05, 4.69) is 10.1 Å². The fraction of sp³-hybridized carbons (Fsp3) is 0.273. The summed E-state index contributed by atoms with van der Waals surface area (Å²) in [6.45, 7) is 0.272. The van der Waals surface area contributed by atoms with E-state index in [1.807, 2.05) is 0 Å². The molecule has 0 aliphatic rings. The molecule has 0 fully saturated rings. The van der Waals surface area contributed by atoms with Crippen molar-refractivity contribution in [3.63, 3.8) is 0 Å². The molecule has 3 N–H and O–H groups in total. The van der Waals surface area contributed by atoms with Gasteiger partial charge in [-0.05, 0) is 24.3 Å². The molecule has 90 valence electrons. The summed E-state index contributed by atoms with van der Waals surface area (Å²) in [7, 11) is 1.53. The van der Waals surface area contributed by atoms with Crippen LogP contribution >= 0.6 is 0 Å². The van der Waals surface area contributed by atoms with E-state index in [-0.39, 0.29) is 12.3 Å². The Labute approximate surface area is 98.0 Å². The van der Waals surface area contributed by atoms with Crippen molar-refractivity contribution >= 4 is 0 Å². The Kier molecular flexibility index (Phi) is 3.36.